The molecule has 122 valence electrons. The Kier molecular flexibility index (Phi) is 3.49. The van der Waals surface area contributed by atoms with Crippen LogP contribution in [0.2, 0.25) is 0 Å². The van der Waals surface area contributed by atoms with Gasteiger partial charge in [-0.1, -0.05) is 0 Å². The maximum absolute atomic E-state index is 13.4. The Morgan fingerprint density at radius 1 is 1.00 bits per heavy atom. The summed E-state index contributed by atoms with van der Waals surface area (Å²) < 4.78 is 104. The molecule has 3 nitrogen and oxygen atoms in total. The molecule has 0 saturated carbocycles. The van der Waals surface area contributed by atoms with Crippen LogP contribution in [0.25, 0.3) is 5.82 Å². The van der Waals surface area contributed by atoms with Crippen molar-refractivity contribution in [2.24, 2.45) is 7.05 Å². The summed E-state index contributed by atoms with van der Waals surface area (Å²) in [5.74, 6) is -6.59. The summed E-state index contributed by atoms with van der Waals surface area (Å²) in [5, 5.41) is 3.45. The van der Waals surface area contributed by atoms with Crippen molar-refractivity contribution in [1.29, 1.82) is 0 Å². The molecule has 0 N–H and O–H groups in total. The lowest BCUT2D eigenvalue weighted by atomic mass is 10.1. The Balaban J connectivity index is 2.81. The van der Waals surface area contributed by atoms with Gasteiger partial charge in [0.25, 0.3) is 0 Å². The van der Waals surface area contributed by atoms with Crippen LogP contribution in [0.1, 0.15) is 11.1 Å². The van der Waals surface area contributed by atoms with Crippen molar-refractivity contribution in [1.82, 2.24) is 14.3 Å². The third-order valence-corrected chi connectivity index (χ3v) is 2.85. The highest BCUT2D eigenvalue weighted by atomic mass is 19.4. The number of rotatable bonds is 2. The number of halogens is 8. The molecule has 0 aliphatic rings. The van der Waals surface area contributed by atoms with Crippen LogP contribution in [-0.2, 0) is 19.1 Å². The molecule has 0 spiro atoms. The van der Waals surface area contributed by atoms with Gasteiger partial charge in [-0.05, 0) is 6.07 Å². The molecule has 2 rings (SSSR count). The standard InChI is InChI=1S/C11H7F8N3/c1-21-5-6(9(12,13)11(17,18)19)7(10(14,15)16)8(21)22-4-2-3-20-22/h2-5H,1H3. The first kappa shape index (κ1) is 16.3. The molecule has 0 fully saturated rings. The average molecular weight is 333 g/mol. The van der Waals surface area contributed by atoms with Crippen LogP contribution in [0, 0.1) is 0 Å². The van der Waals surface area contributed by atoms with Crippen molar-refractivity contribution in [3.63, 3.8) is 0 Å². The fourth-order valence-corrected chi connectivity index (χ4v) is 1.96. The molecule has 0 saturated heterocycles. The van der Waals surface area contributed by atoms with Gasteiger partial charge in [0.05, 0.1) is 5.56 Å². The van der Waals surface area contributed by atoms with Gasteiger partial charge in [-0.3, -0.25) is 0 Å². The molecule has 0 amide bonds. The Morgan fingerprint density at radius 2 is 1.59 bits per heavy atom. The zero-order chi connectivity index (χ0) is 16.9. The zero-order valence-electron chi connectivity index (χ0n) is 10.7. The van der Waals surface area contributed by atoms with E-state index in [2.05, 4.69) is 5.10 Å². The van der Waals surface area contributed by atoms with Crippen LogP contribution in [0.4, 0.5) is 35.1 Å². The van der Waals surface area contributed by atoms with E-state index in [0.717, 1.165) is 19.4 Å². The Labute approximate surface area is 117 Å². The third-order valence-electron chi connectivity index (χ3n) is 2.85. The predicted octanol–water partition coefficient (Wildman–Crippen LogP) is 3.88. The minimum atomic E-state index is -6.16. The van der Waals surface area contributed by atoms with Crippen molar-refractivity contribution >= 4 is 0 Å². The highest BCUT2D eigenvalue weighted by Gasteiger charge is 2.62. The van der Waals surface area contributed by atoms with Crippen molar-refractivity contribution in [3.8, 4) is 5.82 Å². The van der Waals surface area contributed by atoms with E-state index >= 15 is 0 Å². The fraction of sp³-hybridized carbons (Fsp3) is 0.364. The lowest BCUT2D eigenvalue weighted by Gasteiger charge is -2.21. The van der Waals surface area contributed by atoms with Gasteiger partial charge in [-0.25, -0.2) is 4.68 Å². The quantitative estimate of drug-likeness (QED) is 0.765. The third kappa shape index (κ3) is 2.44. The summed E-state index contributed by atoms with van der Waals surface area (Å²) in [6.45, 7) is 0. The summed E-state index contributed by atoms with van der Waals surface area (Å²) in [6, 6.07) is 1.20. The smallest absolute Gasteiger partial charge is 0.335 e. The molecule has 0 bridgehead atoms. The number of nitrogens with zero attached hydrogens (tertiary/aromatic N) is 3. The van der Waals surface area contributed by atoms with E-state index in [1.807, 2.05) is 0 Å². The van der Waals surface area contributed by atoms with Crippen LogP contribution in [0.15, 0.2) is 24.7 Å². The van der Waals surface area contributed by atoms with Gasteiger partial charge < -0.3 is 4.57 Å². The summed E-state index contributed by atoms with van der Waals surface area (Å²) in [7, 11) is 0.919. The second kappa shape index (κ2) is 4.71. The van der Waals surface area contributed by atoms with E-state index in [-0.39, 0.29) is 6.20 Å². The number of aromatic nitrogens is 3. The lowest BCUT2D eigenvalue weighted by Crippen LogP contribution is -2.35. The minimum absolute atomic E-state index is 0.104. The van der Waals surface area contributed by atoms with Gasteiger partial charge >= 0.3 is 18.3 Å². The molecule has 11 heteroatoms. The van der Waals surface area contributed by atoms with Crippen LogP contribution in [0.5, 0.6) is 0 Å². The zero-order valence-corrected chi connectivity index (χ0v) is 10.7. The van der Waals surface area contributed by atoms with E-state index in [4.69, 9.17) is 0 Å². The topological polar surface area (TPSA) is 22.8 Å². The molecule has 2 heterocycles. The summed E-state index contributed by atoms with van der Waals surface area (Å²) >= 11 is 0. The summed E-state index contributed by atoms with van der Waals surface area (Å²) in [5.41, 5.74) is -4.25. The molecule has 0 aliphatic heterocycles. The number of hydrogen-bond donors (Lipinski definition) is 0. The Hall–Kier alpha value is -2.07. The van der Waals surface area contributed by atoms with Gasteiger partial charge in [0.2, 0.25) is 0 Å². The molecule has 2 aromatic heterocycles. The van der Waals surface area contributed by atoms with Crippen molar-refractivity contribution < 1.29 is 35.1 Å². The maximum atomic E-state index is 13.4. The van der Waals surface area contributed by atoms with E-state index in [0.29, 0.717) is 9.25 Å². The molecule has 0 radical (unpaired) electrons. The molecule has 22 heavy (non-hydrogen) atoms. The van der Waals surface area contributed by atoms with Crippen LogP contribution < -0.4 is 0 Å². The lowest BCUT2D eigenvalue weighted by molar-refractivity contribution is -0.290. The minimum Gasteiger partial charge on any atom is -0.335 e. The second-order valence-electron chi connectivity index (χ2n) is 4.37. The van der Waals surface area contributed by atoms with Gasteiger partial charge in [0.15, 0.2) is 0 Å². The summed E-state index contributed by atoms with van der Waals surface area (Å²) in [6.07, 6.45) is -9.41. The van der Waals surface area contributed by atoms with Gasteiger partial charge in [0.1, 0.15) is 11.4 Å². The maximum Gasteiger partial charge on any atom is 0.458 e. The highest BCUT2D eigenvalue weighted by molar-refractivity contribution is 5.47. The van der Waals surface area contributed by atoms with Crippen LogP contribution in [0.3, 0.4) is 0 Å². The van der Waals surface area contributed by atoms with Gasteiger partial charge in [0, 0.05) is 25.6 Å². The summed E-state index contributed by atoms with van der Waals surface area (Å²) in [4.78, 5) is 0. The van der Waals surface area contributed by atoms with E-state index < -0.39 is 35.2 Å². The molecule has 2 aromatic rings. The number of aryl methyl sites for hydroxylation is 1. The van der Waals surface area contributed by atoms with Crippen molar-refractivity contribution in [2.75, 3.05) is 0 Å². The van der Waals surface area contributed by atoms with Crippen LogP contribution in [-0.4, -0.2) is 20.5 Å². The Bertz CT molecular complexity index is 663. The molecule has 0 atom stereocenters. The van der Waals surface area contributed by atoms with Crippen LogP contribution >= 0.6 is 0 Å². The van der Waals surface area contributed by atoms with Gasteiger partial charge in [-0.15, -0.1) is 0 Å². The number of hydrogen-bond acceptors (Lipinski definition) is 1. The monoisotopic (exact) mass is 333 g/mol. The van der Waals surface area contributed by atoms with E-state index in [1.54, 1.807) is 0 Å². The van der Waals surface area contributed by atoms with E-state index in [1.165, 1.54) is 6.07 Å². The van der Waals surface area contributed by atoms with Gasteiger partial charge in [-0.2, -0.15) is 40.2 Å². The first-order chi connectivity index (χ1) is 9.87. The SMILES string of the molecule is Cn1cc(C(F)(F)C(F)(F)F)c(C(F)(F)F)c1-n1cccn1. The normalized spacial score (nSPS) is 13.7. The molecular weight excluding hydrogens is 326 g/mol. The average Bonchev–Trinajstić information content (AvgIpc) is 2.92. The second-order valence-corrected chi connectivity index (χ2v) is 4.37. The first-order valence-electron chi connectivity index (χ1n) is 5.59. The number of alkyl halides is 8. The molecule has 0 unspecified atom stereocenters. The first-order valence-corrected chi connectivity index (χ1v) is 5.59. The van der Waals surface area contributed by atoms with E-state index in [9.17, 15) is 35.1 Å². The fourth-order valence-electron chi connectivity index (χ4n) is 1.96. The molecule has 0 aliphatic carbocycles. The largest absolute Gasteiger partial charge is 0.458 e. The van der Waals surface area contributed by atoms with Crippen molar-refractivity contribution in [3.05, 3.63) is 35.8 Å². The van der Waals surface area contributed by atoms with Crippen molar-refractivity contribution in [2.45, 2.75) is 18.3 Å². The molecule has 0 aromatic carbocycles. The predicted molar refractivity (Wildman–Crippen MR) is 57.5 cm³/mol. The Morgan fingerprint density at radius 3 is 2.00 bits per heavy atom. The molecular formula is C11H7F8N3. The highest BCUT2D eigenvalue weighted by Crippen LogP contribution is 2.50.